The van der Waals surface area contributed by atoms with Crippen molar-refractivity contribution in [1.29, 1.82) is 0 Å². The van der Waals surface area contributed by atoms with Crippen LogP contribution in [0.2, 0.25) is 5.02 Å². The van der Waals surface area contributed by atoms with Crippen molar-refractivity contribution in [1.82, 2.24) is 0 Å². The van der Waals surface area contributed by atoms with Gasteiger partial charge in [0.15, 0.2) is 0 Å². The molecule has 0 aliphatic rings. The largest absolute Gasteiger partial charge is 0.497 e. The van der Waals surface area contributed by atoms with Gasteiger partial charge in [0, 0.05) is 4.47 Å². The summed E-state index contributed by atoms with van der Waals surface area (Å²) in [5.41, 5.74) is 1.60. The van der Waals surface area contributed by atoms with Crippen molar-refractivity contribution in [2.75, 3.05) is 7.11 Å². The highest BCUT2D eigenvalue weighted by atomic mass is 79.9. The maximum absolute atomic E-state index is 13.1. The molecule has 2 aromatic carbocycles. The molecule has 0 N–H and O–H groups in total. The second-order valence-corrected chi connectivity index (χ2v) is 5.62. The molecule has 0 saturated carbocycles. The van der Waals surface area contributed by atoms with Crippen LogP contribution in [0.25, 0.3) is 0 Å². The van der Waals surface area contributed by atoms with Crippen molar-refractivity contribution < 1.29 is 9.13 Å². The second kappa shape index (κ2) is 6.12. The fourth-order valence-electron chi connectivity index (χ4n) is 1.69. The van der Waals surface area contributed by atoms with Gasteiger partial charge < -0.3 is 4.74 Å². The van der Waals surface area contributed by atoms with E-state index < -0.39 is 11.2 Å². The molecule has 2 aromatic rings. The first-order valence-corrected chi connectivity index (χ1v) is 7.06. The van der Waals surface area contributed by atoms with Crippen LogP contribution >= 0.6 is 39.1 Å². The predicted octanol–water partition coefficient (Wildman–Crippen LogP) is 5.58. The summed E-state index contributed by atoms with van der Waals surface area (Å²) in [6.07, 6.45) is 0. The molecule has 0 radical (unpaired) electrons. The Labute approximate surface area is 129 Å². The maximum atomic E-state index is 13.1. The van der Waals surface area contributed by atoms with Crippen molar-refractivity contribution in [2.24, 2.45) is 0 Å². The van der Waals surface area contributed by atoms with Gasteiger partial charge in [-0.2, -0.15) is 0 Å². The van der Waals surface area contributed by atoms with Crippen LogP contribution in [0.1, 0.15) is 16.5 Å². The number of rotatable bonds is 3. The summed E-state index contributed by atoms with van der Waals surface area (Å²) in [5.74, 6) is 0.278. The molecule has 1 atom stereocenters. The molecule has 0 aliphatic heterocycles. The van der Waals surface area contributed by atoms with Gasteiger partial charge in [-0.1, -0.05) is 39.7 Å². The quantitative estimate of drug-likeness (QED) is 0.647. The molecule has 0 fully saturated rings. The van der Waals surface area contributed by atoms with Gasteiger partial charge in [-0.25, -0.2) is 4.39 Å². The Hall–Kier alpha value is -0.770. The first kappa shape index (κ1) is 14.6. The number of hydrogen-bond acceptors (Lipinski definition) is 1. The van der Waals surface area contributed by atoms with E-state index in [0.717, 1.165) is 21.3 Å². The average molecular weight is 364 g/mol. The number of methoxy groups -OCH3 is 1. The smallest absolute Gasteiger partial charge is 0.141 e. The van der Waals surface area contributed by atoms with E-state index in [2.05, 4.69) is 15.9 Å². The molecule has 1 unspecified atom stereocenters. The van der Waals surface area contributed by atoms with E-state index in [1.54, 1.807) is 13.2 Å². The van der Waals surface area contributed by atoms with Gasteiger partial charge >= 0.3 is 0 Å². The van der Waals surface area contributed by atoms with Crippen LogP contribution in [0.3, 0.4) is 0 Å². The van der Waals surface area contributed by atoms with E-state index in [1.807, 2.05) is 18.2 Å². The lowest BCUT2D eigenvalue weighted by atomic mass is 10.0. The maximum Gasteiger partial charge on any atom is 0.141 e. The summed E-state index contributed by atoms with van der Waals surface area (Å²) in [7, 11) is 1.60. The fraction of sp³-hybridized carbons (Fsp3) is 0.143. The fourth-order valence-corrected chi connectivity index (χ4v) is 2.92. The summed E-state index contributed by atoms with van der Waals surface area (Å²) >= 11 is 15.6. The van der Waals surface area contributed by atoms with Gasteiger partial charge in [-0.3, -0.25) is 0 Å². The van der Waals surface area contributed by atoms with E-state index >= 15 is 0 Å². The van der Waals surface area contributed by atoms with E-state index in [-0.39, 0.29) is 5.02 Å². The van der Waals surface area contributed by atoms with E-state index in [4.69, 9.17) is 27.9 Å². The van der Waals surface area contributed by atoms with Crippen molar-refractivity contribution in [3.05, 3.63) is 62.8 Å². The monoisotopic (exact) mass is 362 g/mol. The third kappa shape index (κ3) is 3.22. The molecule has 0 aliphatic carbocycles. The Morgan fingerprint density at radius 1 is 1.21 bits per heavy atom. The van der Waals surface area contributed by atoms with Crippen LogP contribution in [0.15, 0.2) is 40.9 Å². The summed E-state index contributed by atoms with van der Waals surface area (Å²) in [6, 6.07) is 9.97. The van der Waals surface area contributed by atoms with Gasteiger partial charge in [0.2, 0.25) is 0 Å². The lowest BCUT2D eigenvalue weighted by molar-refractivity contribution is 0.414. The summed E-state index contributed by atoms with van der Waals surface area (Å²) in [4.78, 5) is 0. The molecule has 19 heavy (non-hydrogen) atoms. The number of ether oxygens (including phenoxy) is 1. The first-order valence-electron chi connectivity index (χ1n) is 5.45. The van der Waals surface area contributed by atoms with Crippen LogP contribution in [0.4, 0.5) is 4.39 Å². The molecule has 0 bridgehead atoms. The second-order valence-electron chi connectivity index (χ2n) is 3.92. The van der Waals surface area contributed by atoms with Crippen LogP contribution in [0, 0.1) is 5.82 Å². The lowest BCUT2D eigenvalue weighted by Gasteiger charge is -2.14. The molecule has 1 nitrogen and oxygen atoms in total. The van der Waals surface area contributed by atoms with Gasteiger partial charge in [-0.05, 0) is 35.4 Å². The third-order valence-corrected chi connectivity index (χ3v) is 4.18. The van der Waals surface area contributed by atoms with E-state index in [9.17, 15) is 4.39 Å². The Balaban J connectivity index is 2.38. The summed E-state index contributed by atoms with van der Waals surface area (Å²) in [6.45, 7) is 0. The minimum absolute atomic E-state index is 0.0628. The topological polar surface area (TPSA) is 9.23 Å². The molecule has 0 heterocycles. The minimum atomic E-state index is -0.455. The van der Waals surface area contributed by atoms with Crippen LogP contribution in [-0.2, 0) is 0 Å². The molecule has 5 heteroatoms. The highest BCUT2D eigenvalue weighted by molar-refractivity contribution is 9.10. The average Bonchev–Trinajstić information content (AvgIpc) is 2.41. The Bertz CT molecular complexity index is 604. The molecule has 0 saturated heterocycles. The van der Waals surface area contributed by atoms with Crippen LogP contribution in [-0.4, -0.2) is 7.11 Å². The minimum Gasteiger partial charge on any atom is -0.497 e. The zero-order valence-electron chi connectivity index (χ0n) is 9.96. The Kier molecular flexibility index (Phi) is 4.71. The number of halogens is 4. The van der Waals surface area contributed by atoms with E-state index in [0.29, 0.717) is 0 Å². The molecular weight excluding hydrogens is 354 g/mol. The summed E-state index contributed by atoms with van der Waals surface area (Å²) in [5, 5.41) is -0.355. The highest BCUT2D eigenvalue weighted by Crippen LogP contribution is 2.36. The molecule has 0 aromatic heterocycles. The van der Waals surface area contributed by atoms with Crippen LogP contribution < -0.4 is 4.74 Å². The van der Waals surface area contributed by atoms with Gasteiger partial charge in [0.05, 0.1) is 17.5 Å². The number of hydrogen-bond donors (Lipinski definition) is 0. The van der Waals surface area contributed by atoms with Gasteiger partial charge in [-0.15, -0.1) is 11.6 Å². The molecular formula is C14H10BrCl2FO. The summed E-state index contributed by atoms with van der Waals surface area (Å²) < 4.78 is 19.1. The lowest BCUT2D eigenvalue weighted by Crippen LogP contribution is -1.96. The third-order valence-electron chi connectivity index (χ3n) is 2.72. The normalized spacial score (nSPS) is 12.3. The van der Waals surface area contributed by atoms with Crippen molar-refractivity contribution >= 4 is 39.1 Å². The number of benzene rings is 2. The van der Waals surface area contributed by atoms with Crippen molar-refractivity contribution in [3.8, 4) is 5.75 Å². The zero-order valence-corrected chi connectivity index (χ0v) is 13.1. The van der Waals surface area contributed by atoms with Crippen molar-refractivity contribution in [3.63, 3.8) is 0 Å². The first-order chi connectivity index (χ1) is 9.02. The van der Waals surface area contributed by atoms with E-state index in [1.165, 1.54) is 12.1 Å². The van der Waals surface area contributed by atoms with Gasteiger partial charge in [0.25, 0.3) is 0 Å². The number of alkyl halides is 1. The molecule has 0 spiro atoms. The predicted molar refractivity (Wildman–Crippen MR) is 79.8 cm³/mol. The molecule has 100 valence electrons. The standard InChI is InChI=1S/C14H10BrCl2FO/c1-19-9-3-4-10(11(15)7-9)14(17)8-2-5-13(18)12(16)6-8/h2-7,14H,1H3. The SMILES string of the molecule is COc1ccc(C(Cl)c2ccc(F)c(Cl)c2)c(Br)c1. The van der Waals surface area contributed by atoms with Gasteiger partial charge in [0.1, 0.15) is 11.6 Å². The Morgan fingerprint density at radius 3 is 2.53 bits per heavy atom. The molecule has 0 amide bonds. The Morgan fingerprint density at radius 2 is 1.95 bits per heavy atom. The molecule has 2 rings (SSSR count). The zero-order chi connectivity index (χ0) is 14.0. The van der Waals surface area contributed by atoms with Crippen LogP contribution in [0.5, 0.6) is 5.75 Å². The highest BCUT2D eigenvalue weighted by Gasteiger charge is 2.16. The van der Waals surface area contributed by atoms with Crippen molar-refractivity contribution in [2.45, 2.75) is 5.38 Å².